The molecular weight excluding hydrogens is 411 g/mol. The Hall–Kier alpha value is -1.54. The van der Waals surface area contributed by atoms with Crippen molar-refractivity contribution in [2.45, 2.75) is 24.5 Å². The lowest BCUT2D eigenvalue weighted by Crippen LogP contribution is -2.17. The van der Waals surface area contributed by atoms with Crippen molar-refractivity contribution in [2.75, 3.05) is 11.9 Å². The number of hydrogen-bond donors (Lipinski definition) is 1. The Morgan fingerprint density at radius 1 is 1.25 bits per heavy atom. The van der Waals surface area contributed by atoms with Crippen LogP contribution in [0.25, 0.3) is 0 Å². The zero-order valence-electron chi connectivity index (χ0n) is 12.6. The van der Waals surface area contributed by atoms with Crippen LogP contribution in [0.3, 0.4) is 0 Å². The molecule has 0 fully saturated rings. The van der Waals surface area contributed by atoms with Gasteiger partial charge in [0.1, 0.15) is 22.9 Å². The monoisotopic (exact) mass is 423 g/mol. The Morgan fingerprint density at radius 2 is 1.92 bits per heavy atom. The number of halogens is 5. The smallest absolute Gasteiger partial charge is 0.406 e. The molecule has 1 unspecified atom stereocenters. The summed E-state index contributed by atoms with van der Waals surface area (Å²) in [5.41, 5.74) is 1.54. The van der Waals surface area contributed by atoms with E-state index in [1.54, 1.807) is 12.1 Å². The first-order valence-corrected chi connectivity index (χ1v) is 8.28. The molecule has 24 heavy (non-hydrogen) atoms. The zero-order chi connectivity index (χ0) is 17.7. The van der Waals surface area contributed by atoms with Gasteiger partial charge >= 0.3 is 6.36 Å². The van der Waals surface area contributed by atoms with Gasteiger partial charge in [-0.05, 0) is 31.0 Å². The molecule has 1 N–H and O–H groups in total. The molecule has 0 bridgehead atoms. The molecule has 1 aromatic carbocycles. The molecule has 0 radical (unpaired) electrons. The van der Waals surface area contributed by atoms with Gasteiger partial charge in [0.25, 0.3) is 0 Å². The Bertz CT molecular complexity index is 681. The molecule has 0 aliphatic heterocycles. The summed E-state index contributed by atoms with van der Waals surface area (Å²) >= 11 is 9.63. The molecule has 1 heterocycles. The zero-order valence-corrected chi connectivity index (χ0v) is 14.9. The summed E-state index contributed by atoms with van der Waals surface area (Å²) in [6, 6.07) is 5.73. The molecule has 130 valence electrons. The van der Waals surface area contributed by atoms with E-state index in [0.29, 0.717) is 29.5 Å². The van der Waals surface area contributed by atoms with Crippen LogP contribution in [0, 0.1) is 0 Å². The average molecular weight is 425 g/mol. The van der Waals surface area contributed by atoms with Gasteiger partial charge in [-0.15, -0.1) is 13.2 Å². The number of rotatable bonds is 6. The van der Waals surface area contributed by atoms with E-state index in [1.807, 2.05) is 6.92 Å². The van der Waals surface area contributed by atoms with Crippen LogP contribution in [-0.2, 0) is 6.42 Å². The molecule has 2 aromatic rings. The molecule has 0 saturated carbocycles. The third-order valence-corrected chi connectivity index (χ3v) is 3.86. The summed E-state index contributed by atoms with van der Waals surface area (Å²) in [5, 5.41) is 3.53. The van der Waals surface area contributed by atoms with Crippen molar-refractivity contribution in [3.63, 3.8) is 0 Å². The summed E-state index contributed by atoms with van der Waals surface area (Å²) in [6.45, 7) is 2.43. The second-order valence-corrected chi connectivity index (χ2v) is 6.66. The Labute approximate surface area is 150 Å². The fraction of sp³-hybridized carbons (Fsp3) is 0.333. The first-order chi connectivity index (χ1) is 11.3. The van der Waals surface area contributed by atoms with Gasteiger partial charge < -0.3 is 10.1 Å². The number of aromatic nitrogens is 2. The first kappa shape index (κ1) is 18.8. The van der Waals surface area contributed by atoms with Gasteiger partial charge in [-0.25, -0.2) is 9.97 Å². The van der Waals surface area contributed by atoms with Crippen molar-refractivity contribution >= 4 is 33.3 Å². The maximum Gasteiger partial charge on any atom is 0.573 e. The second-order valence-electron chi connectivity index (χ2n) is 4.91. The van der Waals surface area contributed by atoms with E-state index in [-0.39, 0.29) is 10.6 Å². The van der Waals surface area contributed by atoms with E-state index in [4.69, 9.17) is 11.6 Å². The second kappa shape index (κ2) is 8.02. The van der Waals surface area contributed by atoms with Gasteiger partial charge in [0.2, 0.25) is 0 Å². The van der Waals surface area contributed by atoms with Crippen molar-refractivity contribution in [3.05, 3.63) is 46.9 Å². The fourth-order valence-electron chi connectivity index (χ4n) is 1.97. The molecule has 0 spiro atoms. The molecule has 0 aliphatic rings. The van der Waals surface area contributed by atoms with Crippen LogP contribution in [0.1, 0.15) is 23.0 Å². The standard InChI is InChI=1S/C15H14BrClF3N3O/c1-9(16)13-12(17)14(23-8-22-13)21-7-6-10-2-4-11(5-3-10)24-15(18,19)20/h2-5,8-9H,6-7H2,1H3,(H,21,22,23). The third kappa shape index (κ3) is 5.52. The van der Waals surface area contributed by atoms with E-state index in [2.05, 4.69) is 36.0 Å². The average Bonchev–Trinajstić information content (AvgIpc) is 2.49. The number of benzene rings is 1. The Morgan fingerprint density at radius 3 is 2.50 bits per heavy atom. The summed E-state index contributed by atoms with van der Waals surface area (Å²) < 4.78 is 40.1. The van der Waals surface area contributed by atoms with Crippen LogP contribution in [0.4, 0.5) is 19.0 Å². The normalized spacial score (nSPS) is 12.8. The number of anilines is 1. The van der Waals surface area contributed by atoms with Crippen LogP contribution < -0.4 is 10.1 Å². The largest absolute Gasteiger partial charge is 0.573 e. The van der Waals surface area contributed by atoms with Crippen molar-refractivity contribution in [1.82, 2.24) is 9.97 Å². The minimum atomic E-state index is -4.68. The summed E-state index contributed by atoms with van der Waals surface area (Å²) in [4.78, 5) is 8.19. The van der Waals surface area contributed by atoms with Crippen LogP contribution in [-0.4, -0.2) is 22.9 Å². The summed E-state index contributed by atoms with van der Waals surface area (Å²) in [5.74, 6) is 0.277. The molecular formula is C15H14BrClF3N3O. The van der Waals surface area contributed by atoms with E-state index in [1.165, 1.54) is 18.5 Å². The van der Waals surface area contributed by atoms with Crippen molar-refractivity contribution < 1.29 is 17.9 Å². The molecule has 2 rings (SSSR count). The molecule has 1 atom stereocenters. The number of nitrogens with one attached hydrogen (secondary N) is 1. The molecule has 4 nitrogen and oxygen atoms in total. The van der Waals surface area contributed by atoms with Gasteiger partial charge in [0, 0.05) is 6.54 Å². The third-order valence-electron chi connectivity index (χ3n) is 3.06. The predicted molar refractivity (Wildman–Crippen MR) is 89.7 cm³/mol. The minimum Gasteiger partial charge on any atom is -0.406 e. The highest BCUT2D eigenvalue weighted by atomic mass is 79.9. The van der Waals surface area contributed by atoms with Crippen molar-refractivity contribution in [3.8, 4) is 5.75 Å². The first-order valence-electron chi connectivity index (χ1n) is 6.99. The van der Waals surface area contributed by atoms with Crippen LogP contribution in [0.2, 0.25) is 5.02 Å². The topological polar surface area (TPSA) is 47.0 Å². The number of nitrogens with zero attached hydrogens (tertiary/aromatic N) is 2. The molecule has 1 aromatic heterocycles. The fourth-order valence-corrected chi connectivity index (χ4v) is 2.77. The Kier molecular flexibility index (Phi) is 6.28. The highest BCUT2D eigenvalue weighted by Crippen LogP contribution is 2.30. The van der Waals surface area contributed by atoms with Crippen LogP contribution in [0.5, 0.6) is 5.75 Å². The summed E-state index contributed by atoms with van der Waals surface area (Å²) in [6.07, 6.45) is -2.67. The predicted octanol–water partition coefficient (Wildman–Crippen LogP) is 5.14. The Balaban J connectivity index is 1.92. The maximum absolute atomic E-state index is 12.1. The van der Waals surface area contributed by atoms with Crippen molar-refractivity contribution in [1.29, 1.82) is 0 Å². The van der Waals surface area contributed by atoms with E-state index >= 15 is 0 Å². The number of hydrogen-bond acceptors (Lipinski definition) is 4. The molecule has 0 amide bonds. The van der Waals surface area contributed by atoms with Gasteiger partial charge in [0.15, 0.2) is 0 Å². The maximum atomic E-state index is 12.1. The SMILES string of the molecule is CC(Br)c1ncnc(NCCc2ccc(OC(F)(F)F)cc2)c1Cl. The molecule has 0 aliphatic carbocycles. The van der Waals surface area contributed by atoms with E-state index < -0.39 is 6.36 Å². The number of alkyl halides is 4. The summed E-state index contributed by atoms with van der Waals surface area (Å²) in [7, 11) is 0. The van der Waals surface area contributed by atoms with Crippen LogP contribution >= 0.6 is 27.5 Å². The van der Waals surface area contributed by atoms with Gasteiger partial charge in [-0.2, -0.15) is 0 Å². The van der Waals surface area contributed by atoms with E-state index in [9.17, 15) is 13.2 Å². The highest BCUT2D eigenvalue weighted by molar-refractivity contribution is 9.09. The highest BCUT2D eigenvalue weighted by Gasteiger charge is 2.30. The number of ether oxygens (including phenoxy) is 1. The lowest BCUT2D eigenvalue weighted by molar-refractivity contribution is -0.274. The molecule has 0 saturated heterocycles. The van der Waals surface area contributed by atoms with E-state index in [0.717, 1.165) is 5.56 Å². The minimum absolute atomic E-state index is 0.00488. The quantitative estimate of drug-likeness (QED) is 0.652. The molecule has 9 heteroatoms. The van der Waals surface area contributed by atoms with Gasteiger partial charge in [-0.1, -0.05) is 39.7 Å². The van der Waals surface area contributed by atoms with Crippen LogP contribution in [0.15, 0.2) is 30.6 Å². The van der Waals surface area contributed by atoms with Gasteiger partial charge in [-0.3, -0.25) is 0 Å². The van der Waals surface area contributed by atoms with Gasteiger partial charge in [0.05, 0.1) is 10.5 Å². The lowest BCUT2D eigenvalue weighted by atomic mass is 10.1. The van der Waals surface area contributed by atoms with Crippen molar-refractivity contribution in [2.24, 2.45) is 0 Å². The lowest BCUT2D eigenvalue weighted by Gasteiger charge is -2.12.